The lowest BCUT2D eigenvalue weighted by molar-refractivity contribution is -0.139. The molecule has 0 aliphatic carbocycles. The number of nitrogens with zero attached hydrogens (tertiary/aromatic N) is 2. The third kappa shape index (κ3) is 5.46. The van der Waals surface area contributed by atoms with Gasteiger partial charge in [-0.25, -0.2) is 9.59 Å². The summed E-state index contributed by atoms with van der Waals surface area (Å²) in [7, 11) is 6.71. The van der Waals surface area contributed by atoms with E-state index in [0.717, 1.165) is 5.56 Å². The summed E-state index contributed by atoms with van der Waals surface area (Å²) < 4.78 is 16.3. The molecule has 0 spiro atoms. The van der Waals surface area contributed by atoms with E-state index in [9.17, 15) is 9.59 Å². The Kier molecular flexibility index (Phi) is 7.95. The Morgan fingerprint density at radius 2 is 1.82 bits per heavy atom. The number of rotatable bonds is 9. The monoisotopic (exact) mass is 453 g/mol. The van der Waals surface area contributed by atoms with E-state index >= 15 is 0 Å². The first-order valence-electron chi connectivity index (χ1n) is 10.8. The lowest BCUT2D eigenvalue weighted by Crippen LogP contribution is -2.49. The van der Waals surface area contributed by atoms with Crippen LogP contribution in [-0.2, 0) is 16.1 Å². The SMILES string of the molecule is CCOC(=O)C1=C(CN(C)Cc2ccccc2)N(C)C(=O)NC1c1ccc(OC)cc1OC. The molecule has 1 aliphatic rings. The van der Waals surface area contributed by atoms with Crippen LogP contribution in [0.3, 0.4) is 0 Å². The molecule has 2 amide bonds. The van der Waals surface area contributed by atoms with Gasteiger partial charge in [-0.3, -0.25) is 9.80 Å². The highest BCUT2D eigenvalue weighted by molar-refractivity contribution is 5.95. The molecule has 2 aromatic carbocycles. The van der Waals surface area contributed by atoms with Crippen molar-refractivity contribution < 1.29 is 23.8 Å². The van der Waals surface area contributed by atoms with E-state index in [2.05, 4.69) is 10.2 Å². The molecule has 1 aliphatic heterocycles. The molecule has 176 valence electrons. The summed E-state index contributed by atoms with van der Waals surface area (Å²) in [5.74, 6) is 0.637. The first-order valence-corrected chi connectivity index (χ1v) is 10.8. The number of benzene rings is 2. The number of urea groups is 1. The van der Waals surface area contributed by atoms with Crippen LogP contribution >= 0.6 is 0 Å². The van der Waals surface area contributed by atoms with Crippen LogP contribution in [0.15, 0.2) is 59.8 Å². The lowest BCUT2D eigenvalue weighted by Gasteiger charge is -2.36. The molecule has 3 rings (SSSR count). The molecule has 0 saturated heterocycles. The largest absolute Gasteiger partial charge is 0.497 e. The third-order valence-electron chi connectivity index (χ3n) is 5.54. The number of amides is 2. The Labute approximate surface area is 194 Å². The summed E-state index contributed by atoms with van der Waals surface area (Å²) in [6.07, 6.45) is 0. The second kappa shape index (κ2) is 10.9. The highest BCUT2D eigenvalue weighted by Gasteiger charge is 2.38. The second-order valence-electron chi connectivity index (χ2n) is 7.79. The van der Waals surface area contributed by atoms with Crippen LogP contribution in [-0.4, -0.2) is 63.3 Å². The van der Waals surface area contributed by atoms with Crippen molar-refractivity contribution in [2.45, 2.75) is 19.5 Å². The Morgan fingerprint density at radius 3 is 2.45 bits per heavy atom. The van der Waals surface area contributed by atoms with Gasteiger partial charge in [0.25, 0.3) is 0 Å². The van der Waals surface area contributed by atoms with E-state index in [4.69, 9.17) is 14.2 Å². The normalized spacial score (nSPS) is 16.0. The molecule has 2 aromatic rings. The lowest BCUT2D eigenvalue weighted by atomic mass is 9.93. The molecule has 1 atom stereocenters. The molecule has 1 N–H and O–H groups in total. The zero-order chi connectivity index (χ0) is 24.0. The number of esters is 1. The maximum Gasteiger partial charge on any atom is 0.338 e. The van der Waals surface area contributed by atoms with Gasteiger partial charge in [0.1, 0.15) is 11.5 Å². The fourth-order valence-electron chi connectivity index (χ4n) is 3.89. The van der Waals surface area contributed by atoms with Crippen LogP contribution in [0.4, 0.5) is 4.79 Å². The molecule has 8 heteroatoms. The van der Waals surface area contributed by atoms with E-state index < -0.39 is 12.0 Å². The maximum atomic E-state index is 13.2. The number of carbonyl (C=O) groups excluding carboxylic acids is 2. The Morgan fingerprint density at radius 1 is 1.09 bits per heavy atom. The van der Waals surface area contributed by atoms with Crippen LogP contribution < -0.4 is 14.8 Å². The van der Waals surface area contributed by atoms with Gasteiger partial charge in [0, 0.05) is 37.5 Å². The number of carbonyl (C=O) groups is 2. The molecule has 1 heterocycles. The molecule has 33 heavy (non-hydrogen) atoms. The predicted octanol–water partition coefficient (Wildman–Crippen LogP) is 3.35. The van der Waals surface area contributed by atoms with Gasteiger partial charge in [-0.2, -0.15) is 0 Å². The number of ether oxygens (including phenoxy) is 3. The van der Waals surface area contributed by atoms with Crippen molar-refractivity contribution in [3.63, 3.8) is 0 Å². The Balaban J connectivity index is 2.06. The van der Waals surface area contributed by atoms with Gasteiger partial charge in [0.15, 0.2) is 0 Å². The van der Waals surface area contributed by atoms with Gasteiger partial charge in [-0.05, 0) is 31.7 Å². The topological polar surface area (TPSA) is 80.3 Å². The van der Waals surface area contributed by atoms with Crippen molar-refractivity contribution in [2.24, 2.45) is 0 Å². The molecule has 0 aromatic heterocycles. The zero-order valence-electron chi connectivity index (χ0n) is 19.8. The quantitative estimate of drug-likeness (QED) is 0.587. The third-order valence-corrected chi connectivity index (χ3v) is 5.54. The molecular weight excluding hydrogens is 422 g/mol. The van der Waals surface area contributed by atoms with Crippen molar-refractivity contribution >= 4 is 12.0 Å². The van der Waals surface area contributed by atoms with E-state index in [0.29, 0.717) is 41.4 Å². The van der Waals surface area contributed by atoms with Crippen LogP contribution in [0.25, 0.3) is 0 Å². The van der Waals surface area contributed by atoms with E-state index in [1.165, 1.54) is 12.0 Å². The summed E-state index contributed by atoms with van der Waals surface area (Å²) in [5.41, 5.74) is 2.74. The number of hydrogen-bond donors (Lipinski definition) is 1. The summed E-state index contributed by atoms with van der Waals surface area (Å²) in [6.45, 7) is 3.02. The van der Waals surface area contributed by atoms with E-state index in [-0.39, 0.29) is 12.6 Å². The van der Waals surface area contributed by atoms with Crippen molar-refractivity contribution in [3.05, 3.63) is 70.9 Å². The Hall–Kier alpha value is -3.52. The molecule has 1 unspecified atom stereocenters. The van der Waals surface area contributed by atoms with Crippen molar-refractivity contribution in [3.8, 4) is 11.5 Å². The molecule has 0 saturated carbocycles. The van der Waals surface area contributed by atoms with Gasteiger partial charge < -0.3 is 19.5 Å². The molecule has 0 radical (unpaired) electrons. The summed E-state index contributed by atoms with van der Waals surface area (Å²) in [5, 5.41) is 2.93. The molecule has 8 nitrogen and oxygen atoms in total. The zero-order valence-corrected chi connectivity index (χ0v) is 19.8. The van der Waals surface area contributed by atoms with Crippen LogP contribution in [0.5, 0.6) is 11.5 Å². The average molecular weight is 454 g/mol. The smallest absolute Gasteiger partial charge is 0.338 e. The van der Waals surface area contributed by atoms with Gasteiger partial charge in [0.2, 0.25) is 0 Å². The second-order valence-corrected chi connectivity index (χ2v) is 7.79. The van der Waals surface area contributed by atoms with Gasteiger partial charge in [-0.15, -0.1) is 0 Å². The van der Waals surface area contributed by atoms with Crippen molar-refractivity contribution in [1.29, 1.82) is 0 Å². The molecule has 0 bridgehead atoms. The van der Waals surface area contributed by atoms with E-state index in [1.807, 2.05) is 37.4 Å². The molecular formula is C25H31N3O5. The van der Waals surface area contributed by atoms with Crippen LogP contribution in [0.1, 0.15) is 24.1 Å². The predicted molar refractivity (Wildman–Crippen MR) is 125 cm³/mol. The van der Waals surface area contributed by atoms with Crippen molar-refractivity contribution in [1.82, 2.24) is 15.1 Å². The maximum absolute atomic E-state index is 13.2. The van der Waals surface area contributed by atoms with Crippen LogP contribution in [0.2, 0.25) is 0 Å². The first-order chi connectivity index (χ1) is 15.9. The number of methoxy groups -OCH3 is 2. The van der Waals surface area contributed by atoms with Gasteiger partial charge in [0.05, 0.1) is 32.4 Å². The minimum Gasteiger partial charge on any atom is -0.497 e. The highest BCUT2D eigenvalue weighted by atomic mass is 16.5. The fraction of sp³-hybridized carbons (Fsp3) is 0.360. The number of likely N-dealkylation sites (N-methyl/N-ethyl adjacent to an activating group) is 2. The highest BCUT2D eigenvalue weighted by Crippen LogP contribution is 2.37. The molecule has 0 fully saturated rings. The average Bonchev–Trinajstić information content (AvgIpc) is 2.82. The van der Waals surface area contributed by atoms with Crippen LogP contribution in [0, 0.1) is 0 Å². The standard InChI is InChI=1S/C25H31N3O5/c1-6-33-24(29)22-20(16-27(2)15-17-10-8-7-9-11-17)28(3)25(30)26-23(22)19-13-12-18(31-4)14-21(19)32-5/h7-14,23H,6,15-16H2,1-5H3,(H,26,30). The summed E-state index contributed by atoms with van der Waals surface area (Å²) >= 11 is 0. The Bertz CT molecular complexity index is 1020. The van der Waals surface area contributed by atoms with Gasteiger partial charge in [-0.1, -0.05) is 30.3 Å². The first kappa shape index (κ1) is 24.1. The van der Waals surface area contributed by atoms with Gasteiger partial charge >= 0.3 is 12.0 Å². The minimum absolute atomic E-state index is 0.222. The fourth-order valence-corrected chi connectivity index (χ4v) is 3.89. The summed E-state index contributed by atoms with van der Waals surface area (Å²) in [4.78, 5) is 29.6. The van der Waals surface area contributed by atoms with Crippen molar-refractivity contribution in [2.75, 3.05) is 41.5 Å². The van der Waals surface area contributed by atoms with E-state index in [1.54, 1.807) is 39.3 Å². The number of nitrogens with one attached hydrogen (secondary N) is 1. The minimum atomic E-state index is -0.728. The summed E-state index contributed by atoms with van der Waals surface area (Å²) in [6, 6.07) is 14.3. The number of hydrogen-bond acceptors (Lipinski definition) is 6.